The van der Waals surface area contributed by atoms with Crippen molar-refractivity contribution in [2.45, 2.75) is 18.1 Å². The summed E-state index contributed by atoms with van der Waals surface area (Å²) in [4.78, 5) is 0. The van der Waals surface area contributed by atoms with Crippen LogP contribution in [0.5, 0.6) is 0 Å². The van der Waals surface area contributed by atoms with E-state index < -0.39 is 10.0 Å². The molecular formula is C13H15NO2S2. The second kappa shape index (κ2) is 5.12. The quantitative estimate of drug-likeness (QED) is 0.862. The SMILES string of the molecule is CCN(c1ccc(C)cc1)S(=O)(=O)c1cccs1. The van der Waals surface area contributed by atoms with Gasteiger partial charge in [0.1, 0.15) is 4.21 Å². The minimum Gasteiger partial charge on any atom is -0.266 e. The third kappa shape index (κ3) is 2.42. The van der Waals surface area contributed by atoms with Gasteiger partial charge in [0.2, 0.25) is 0 Å². The Hall–Kier alpha value is -1.33. The van der Waals surface area contributed by atoms with Crippen LogP contribution >= 0.6 is 11.3 Å². The molecule has 18 heavy (non-hydrogen) atoms. The monoisotopic (exact) mass is 281 g/mol. The molecule has 0 atom stereocenters. The minimum absolute atomic E-state index is 0.380. The van der Waals surface area contributed by atoms with Crippen molar-refractivity contribution < 1.29 is 8.42 Å². The Bertz CT molecular complexity index is 601. The molecule has 0 amide bonds. The number of nitrogens with zero attached hydrogens (tertiary/aromatic N) is 1. The van der Waals surface area contributed by atoms with Crippen molar-refractivity contribution in [3.05, 3.63) is 47.3 Å². The zero-order chi connectivity index (χ0) is 13.2. The Labute approximate surface area is 112 Å². The number of benzene rings is 1. The third-order valence-corrected chi connectivity index (χ3v) is 5.92. The normalized spacial score (nSPS) is 11.4. The van der Waals surface area contributed by atoms with Crippen LogP contribution in [0.25, 0.3) is 0 Å². The maximum absolute atomic E-state index is 12.4. The van der Waals surface area contributed by atoms with Crippen LogP contribution in [0.3, 0.4) is 0 Å². The molecule has 0 fully saturated rings. The largest absolute Gasteiger partial charge is 0.273 e. The van der Waals surface area contributed by atoms with Gasteiger partial charge in [-0.2, -0.15) is 0 Å². The molecule has 2 rings (SSSR count). The maximum Gasteiger partial charge on any atom is 0.273 e. The summed E-state index contributed by atoms with van der Waals surface area (Å²) in [5.74, 6) is 0. The molecule has 5 heteroatoms. The Balaban J connectivity index is 2.43. The van der Waals surface area contributed by atoms with Gasteiger partial charge in [0.25, 0.3) is 10.0 Å². The van der Waals surface area contributed by atoms with Crippen LogP contribution in [-0.4, -0.2) is 15.0 Å². The molecular weight excluding hydrogens is 266 g/mol. The summed E-state index contributed by atoms with van der Waals surface area (Å²) in [7, 11) is -3.42. The van der Waals surface area contributed by atoms with Gasteiger partial charge in [-0.1, -0.05) is 23.8 Å². The fourth-order valence-electron chi connectivity index (χ4n) is 1.72. The standard InChI is InChI=1S/C13H15NO2S2/c1-3-14(12-8-6-11(2)7-9-12)18(15,16)13-5-4-10-17-13/h4-10H,3H2,1-2H3. The summed E-state index contributed by atoms with van der Waals surface area (Å²) >= 11 is 1.24. The van der Waals surface area contributed by atoms with Crippen LogP contribution in [0.2, 0.25) is 0 Å². The highest BCUT2D eigenvalue weighted by Gasteiger charge is 2.24. The molecule has 0 saturated carbocycles. The lowest BCUT2D eigenvalue weighted by atomic mass is 10.2. The van der Waals surface area contributed by atoms with Crippen molar-refractivity contribution in [1.82, 2.24) is 0 Å². The predicted octanol–water partition coefficient (Wildman–Crippen LogP) is 3.27. The molecule has 0 radical (unpaired) electrons. The Kier molecular flexibility index (Phi) is 3.73. The van der Waals surface area contributed by atoms with Gasteiger partial charge in [0.05, 0.1) is 5.69 Å². The molecule has 1 heterocycles. The summed E-state index contributed by atoms with van der Waals surface area (Å²) in [6, 6.07) is 10.9. The number of hydrogen-bond acceptors (Lipinski definition) is 3. The van der Waals surface area contributed by atoms with E-state index in [1.165, 1.54) is 15.6 Å². The van der Waals surface area contributed by atoms with Crippen LogP contribution in [0.15, 0.2) is 46.0 Å². The lowest BCUT2D eigenvalue weighted by Gasteiger charge is -2.22. The summed E-state index contributed by atoms with van der Waals surface area (Å²) in [5.41, 5.74) is 1.82. The number of hydrogen-bond donors (Lipinski definition) is 0. The van der Waals surface area contributed by atoms with E-state index in [-0.39, 0.29) is 0 Å². The van der Waals surface area contributed by atoms with Gasteiger partial charge < -0.3 is 0 Å². The van der Waals surface area contributed by atoms with Crippen LogP contribution < -0.4 is 4.31 Å². The van der Waals surface area contributed by atoms with Gasteiger partial charge in [-0.3, -0.25) is 4.31 Å². The van der Waals surface area contributed by atoms with Gasteiger partial charge in [0, 0.05) is 6.54 Å². The zero-order valence-corrected chi connectivity index (χ0v) is 12.0. The highest BCUT2D eigenvalue weighted by atomic mass is 32.2. The summed E-state index contributed by atoms with van der Waals surface area (Å²) in [6.45, 7) is 4.24. The summed E-state index contributed by atoms with van der Waals surface area (Å²) in [5, 5.41) is 1.77. The first kappa shape index (κ1) is 13.1. The lowest BCUT2D eigenvalue weighted by molar-refractivity contribution is 0.594. The van der Waals surface area contributed by atoms with Crippen LogP contribution in [-0.2, 0) is 10.0 Å². The van der Waals surface area contributed by atoms with Crippen molar-refractivity contribution in [2.75, 3.05) is 10.8 Å². The highest BCUT2D eigenvalue weighted by Crippen LogP contribution is 2.26. The molecule has 96 valence electrons. The number of thiophene rings is 1. The smallest absolute Gasteiger partial charge is 0.266 e. The predicted molar refractivity (Wildman–Crippen MR) is 75.7 cm³/mol. The highest BCUT2D eigenvalue weighted by molar-refractivity contribution is 7.94. The summed E-state index contributed by atoms with van der Waals surface area (Å²) in [6.07, 6.45) is 0. The fourth-order valence-corrected chi connectivity index (χ4v) is 4.30. The molecule has 0 N–H and O–H groups in total. The molecule has 2 aromatic rings. The molecule has 0 saturated heterocycles. The van der Waals surface area contributed by atoms with Crippen molar-refractivity contribution in [2.24, 2.45) is 0 Å². The van der Waals surface area contributed by atoms with Crippen molar-refractivity contribution in [1.29, 1.82) is 0 Å². The van der Waals surface area contributed by atoms with Gasteiger partial charge >= 0.3 is 0 Å². The first-order valence-corrected chi connectivity index (χ1v) is 8.00. The van der Waals surface area contributed by atoms with E-state index in [1.807, 2.05) is 38.1 Å². The Morgan fingerprint density at radius 1 is 1.17 bits per heavy atom. The van der Waals surface area contributed by atoms with E-state index in [0.717, 1.165) is 5.56 Å². The number of sulfonamides is 1. The average molecular weight is 281 g/mol. The van der Waals surface area contributed by atoms with Gasteiger partial charge in [-0.25, -0.2) is 8.42 Å². The van der Waals surface area contributed by atoms with Gasteiger partial charge in [0.15, 0.2) is 0 Å². The topological polar surface area (TPSA) is 37.4 Å². The molecule has 0 spiro atoms. The van der Waals surface area contributed by atoms with E-state index in [2.05, 4.69) is 0 Å². The molecule has 0 unspecified atom stereocenters. The molecule has 0 aliphatic rings. The molecule has 1 aromatic heterocycles. The summed E-state index contributed by atoms with van der Waals surface area (Å²) < 4.78 is 26.7. The van der Waals surface area contributed by atoms with Gasteiger partial charge in [-0.05, 0) is 37.4 Å². The van der Waals surface area contributed by atoms with Crippen LogP contribution in [0, 0.1) is 6.92 Å². The third-order valence-electron chi connectivity index (χ3n) is 2.65. The molecule has 1 aromatic carbocycles. The van der Waals surface area contributed by atoms with Crippen molar-refractivity contribution in [3.8, 4) is 0 Å². The second-order valence-electron chi connectivity index (χ2n) is 3.94. The van der Waals surface area contributed by atoms with Crippen LogP contribution in [0.4, 0.5) is 5.69 Å². The molecule has 0 bridgehead atoms. The van der Waals surface area contributed by atoms with E-state index in [1.54, 1.807) is 17.5 Å². The maximum atomic E-state index is 12.4. The first-order chi connectivity index (χ1) is 8.55. The number of aryl methyl sites for hydroxylation is 1. The van der Waals surface area contributed by atoms with Gasteiger partial charge in [-0.15, -0.1) is 11.3 Å². The fraction of sp³-hybridized carbons (Fsp3) is 0.231. The Morgan fingerprint density at radius 2 is 1.83 bits per heavy atom. The molecule has 3 nitrogen and oxygen atoms in total. The van der Waals surface area contributed by atoms with Crippen molar-refractivity contribution >= 4 is 27.0 Å². The van der Waals surface area contributed by atoms with E-state index in [9.17, 15) is 8.42 Å². The van der Waals surface area contributed by atoms with Crippen molar-refractivity contribution in [3.63, 3.8) is 0 Å². The number of anilines is 1. The minimum atomic E-state index is -3.42. The zero-order valence-electron chi connectivity index (χ0n) is 10.3. The number of rotatable bonds is 4. The first-order valence-electron chi connectivity index (χ1n) is 5.68. The van der Waals surface area contributed by atoms with Crippen LogP contribution in [0.1, 0.15) is 12.5 Å². The van der Waals surface area contributed by atoms with E-state index in [0.29, 0.717) is 16.4 Å². The Morgan fingerprint density at radius 3 is 2.33 bits per heavy atom. The van der Waals surface area contributed by atoms with E-state index >= 15 is 0 Å². The average Bonchev–Trinajstić information content (AvgIpc) is 2.86. The molecule has 0 aliphatic heterocycles. The van der Waals surface area contributed by atoms with E-state index in [4.69, 9.17) is 0 Å². The lowest BCUT2D eigenvalue weighted by Crippen LogP contribution is -2.30. The molecule has 0 aliphatic carbocycles. The second-order valence-corrected chi connectivity index (χ2v) is 6.97.